The topological polar surface area (TPSA) is 54.2 Å². The van der Waals surface area contributed by atoms with E-state index in [0.717, 1.165) is 31.0 Å². The van der Waals surface area contributed by atoms with Crippen LogP contribution in [-0.2, 0) is 6.54 Å². The van der Waals surface area contributed by atoms with Crippen molar-refractivity contribution >= 4 is 0 Å². The molecule has 0 radical (unpaired) electrons. The molecule has 2 aliphatic rings. The molecule has 3 rings (SSSR count). The first-order valence-electron chi connectivity index (χ1n) is 6.60. The van der Waals surface area contributed by atoms with Crippen LogP contribution in [0.5, 0.6) is 0 Å². The molecule has 0 saturated carbocycles. The van der Waals surface area contributed by atoms with Crippen LogP contribution in [0.15, 0.2) is 10.9 Å². The van der Waals surface area contributed by atoms with Gasteiger partial charge in [-0.1, -0.05) is 12.1 Å². The van der Waals surface area contributed by atoms with Crippen LogP contribution in [0.1, 0.15) is 38.4 Å². The first kappa shape index (κ1) is 11.2. The number of hydrogen-bond donors (Lipinski definition) is 1. The minimum absolute atomic E-state index is 0.678. The molecule has 2 atom stereocenters. The van der Waals surface area contributed by atoms with Gasteiger partial charge in [0.2, 0.25) is 6.39 Å². The number of nitrogens with zero attached hydrogens (tertiary/aromatic N) is 3. The van der Waals surface area contributed by atoms with Gasteiger partial charge in [0.25, 0.3) is 0 Å². The fraction of sp³-hybridized carbons (Fsp3) is 0.833. The van der Waals surface area contributed by atoms with Crippen molar-refractivity contribution in [2.45, 2.75) is 57.3 Å². The quantitative estimate of drug-likeness (QED) is 0.850. The Balaban J connectivity index is 1.64. The zero-order valence-electron chi connectivity index (χ0n) is 10.3. The molecule has 5 heteroatoms. The molecule has 0 amide bonds. The Morgan fingerprint density at radius 1 is 1.41 bits per heavy atom. The van der Waals surface area contributed by atoms with Crippen LogP contribution < -0.4 is 5.32 Å². The SMILES string of the molecule is CCN(Cc1ncon1)C1CC2CCC(C1)N2. The lowest BCUT2D eigenvalue weighted by Gasteiger charge is -2.36. The van der Waals surface area contributed by atoms with Gasteiger partial charge in [0.05, 0.1) is 6.54 Å². The highest BCUT2D eigenvalue weighted by molar-refractivity contribution is 4.96. The summed E-state index contributed by atoms with van der Waals surface area (Å²) in [5.41, 5.74) is 0. The summed E-state index contributed by atoms with van der Waals surface area (Å²) in [6.07, 6.45) is 6.64. The smallest absolute Gasteiger partial charge is 0.213 e. The zero-order chi connectivity index (χ0) is 11.7. The molecule has 0 aromatic carbocycles. The van der Waals surface area contributed by atoms with Crippen LogP contribution in [0.2, 0.25) is 0 Å². The molecule has 1 aromatic heterocycles. The predicted octanol–water partition coefficient (Wildman–Crippen LogP) is 1.17. The Labute approximate surface area is 102 Å². The zero-order valence-corrected chi connectivity index (χ0v) is 10.3. The van der Waals surface area contributed by atoms with Gasteiger partial charge in [-0.3, -0.25) is 4.90 Å². The number of fused-ring (bicyclic) bond motifs is 2. The van der Waals surface area contributed by atoms with Gasteiger partial charge in [-0.25, -0.2) is 0 Å². The molecule has 0 aliphatic carbocycles. The van der Waals surface area contributed by atoms with Crippen molar-refractivity contribution in [1.29, 1.82) is 0 Å². The molecule has 3 heterocycles. The largest absolute Gasteiger partial charge is 0.343 e. The van der Waals surface area contributed by atoms with Gasteiger partial charge in [0, 0.05) is 18.1 Å². The van der Waals surface area contributed by atoms with E-state index in [2.05, 4.69) is 27.3 Å². The summed E-state index contributed by atoms with van der Waals surface area (Å²) in [5.74, 6) is 0.803. The summed E-state index contributed by atoms with van der Waals surface area (Å²) in [4.78, 5) is 6.60. The maximum atomic E-state index is 4.80. The molecule has 2 bridgehead atoms. The van der Waals surface area contributed by atoms with E-state index in [9.17, 15) is 0 Å². The Kier molecular flexibility index (Phi) is 3.11. The van der Waals surface area contributed by atoms with Crippen molar-refractivity contribution in [3.05, 3.63) is 12.2 Å². The van der Waals surface area contributed by atoms with Gasteiger partial charge >= 0.3 is 0 Å². The van der Waals surface area contributed by atoms with E-state index >= 15 is 0 Å². The van der Waals surface area contributed by atoms with Crippen molar-refractivity contribution in [3.8, 4) is 0 Å². The van der Waals surface area contributed by atoms with Crippen LogP contribution in [0.25, 0.3) is 0 Å². The molecule has 1 N–H and O–H groups in total. The molecule has 17 heavy (non-hydrogen) atoms. The summed E-state index contributed by atoms with van der Waals surface area (Å²) in [6, 6.07) is 2.15. The van der Waals surface area contributed by atoms with Crippen LogP contribution in [0.4, 0.5) is 0 Å². The highest BCUT2D eigenvalue weighted by Gasteiger charge is 2.35. The van der Waals surface area contributed by atoms with Crippen LogP contribution >= 0.6 is 0 Å². The van der Waals surface area contributed by atoms with Crippen molar-refractivity contribution < 1.29 is 4.52 Å². The summed E-state index contributed by atoms with van der Waals surface area (Å²) in [7, 11) is 0. The van der Waals surface area contributed by atoms with Crippen LogP contribution in [0, 0.1) is 0 Å². The number of aromatic nitrogens is 2. The van der Waals surface area contributed by atoms with E-state index in [1.807, 2.05) is 0 Å². The number of piperidine rings is 1. The van der Waals surface area contributed by atoms with Gasteiger partial charge in [0.15, 0.2) is 5.82 Å². The highest BCUT2D eigenvalue weighted by Crippen LogP contribution is 2.30. The van der Waals surface area contributed by atoms with E-state index in [-0.39, 0.29) is 0 Å². The second-order valence-corrected chi connectivity index (χ2v) is 5.17. The Morgan fingerprint density at radius 3 is 2.76 bits per heavy atom. The molecule has 5 nitrogen and oxygen atoms in total. The van der Waals surface area contributed by atoms with Gasteiger partial charge in [0.1, 0.15) is 0 Å². The second-order valence-electron chi connectivity index (χ2n) is 5.17. The lowest BCUT2D eigenvalue weighted by molar-refractivity contribution is 0.136. The molecule has 1 aromatic rings. The van der Waals surface area contributed by atoms with E-state index in [1.165, 1.54) is 32.1 Å². The third-order valence-electron chi connectivity index (χ3n) is 4.12. The fourth-order valence-electron chi connectivity index (χ4n) is 3.27. The Bertz CT molecular complexity index is 341. The van der Waals surface area contributed by atoms with E-state index in [1.54, 1.807) is 0 Å². The van der Waals surface area contributed by atoms with Gasteiger partial charge in [-0.2, -0.15) is 4.98 Å². The second kappa shape index (κ2) is 4.74. The highest BCUT2D eigenvalue weighted by atomic mass is 16.5. The van der Waals surface area contributed by atoms with E-state index in [0.29, 0.717) is 6.04 Å². The third kappa shape index (κ3) is 2.35. The molecule has 0 spiro atoms. The first-order valence-corrected chi connectivity index (χ1v) is 6.60. The Hall–Kier alpha value is -0.940. The van der Waals surface area contributed by atoms with Crippen molar-refractivity contribution in [3.63, 3.8) is 0 Å². The van der Waals surface area contributed by atoms with Gasteiger partial charge in [-0.15, -0.1) is 0 Å². The van der Waals surface area contributed by atoms with E-state index in [4.69, 9.17) is 4.52 Å². The molecular formula is C12H20N4O. The lowest BCUT2D eigenvalue weighted by atomic mass is 9.98. The Morgan fingerprint density at radius 2 is 2.18 bits per heavy atom. The van der Waals surface area contributed by atoms with Gasteiger partial charge < -0.3 is 9.84 Å². The normalized spacial score (nSPS) is 32.2. The van der Waals surface area contributed by atoms with Crippen LogP contribution in [0.3, 0.4) is 0 Å². The average Bonchev–Trinajstić information content (AvgIpc) is 2.96. The molecule has 2 fully saturated rings. The fourth-order valence-corrected chi connectivity index (χ4v) is 3.27. The third-order valence-corrected chi connectivity index (χ3v) is 4.12. The minimum Gasteiger partial charge on any atom is -0.343 e. The number of hydrogen-bond acceptors (Lipinski definition) is 5. The summed E-state index contributed by atoms with van der Waals surface area (Å²) >= 11 is 0. The predicted molar refractivity (Wildman–Crippen MR) is 63.3 cm³/mol. The van der Waals surface area contributed by atoms with E-state index < -0.39 is 0 Å². The lowest BCUT2D eigenvalue weighted by Crippen LogP contribution is -2.48. The first-order chi connectivity index (χ1) is 8.35. The summed E-state index contributed by atoms with van der Waals surface area (Å²) < 4.78 is 4.80. The molecule has 94 valence electrons. The van der Waals surface area contributed by atoms with Gasteiger partial charge in [-0.05, 0) is 32.2 Å². The van der Waals surface area contributed by atoms with Crippen molar-refractivity contribution in [1.82, 2.24) is 20.4 Å². The maximum Gasteiger partial charge on any atom is 0.213 e. The molecule has 2 saturated heterocycles. The average molecular weight is 236 g/mol. The van der Waals surface area contributed by atoms with Crippen molar-refractivity contribution in [2.24, 2.45) is 0 Å². The number of rotatable bonds is 4. The minimum atomic E-state index is 0.678. The standard InChI is InChI=1S/C12H20N4O/c1-2-16(7-12-13-8-17-15-12)11-5-9-3-4-10(6-11)14-9/h8-11,14H,2-7H2,1H3. The molecular weight excluding hydrogens is 216 g/mol. The molecule has 2 unspecified atom stereocenters. The monoisotopic (exact) mass is 236 g/mol. The molecule has 2 aliphatic heterocycles. The van der Waals surface area contributed by atoms with Crippen LogP contribution in [-0.4, -0.2) is 39.7 Å². The summed E-state index contributed by atoms with van der Waals surface area (Å²) in [6.45, 7) is 4.08. The van der Waals surface area contributed by atoms with Crippen molar-refractivity contribution in [2.75, 3.05) is 6.54 Å². The summed E-state index contributed by atoms with van der Waals surface area (Å²) in [5, 5.41) is 7.59. The maximum absolute atomic E-state index is 4.80. The number of nitrogens with one attached hydrogen (secondary N) is 1.